The van der Waals surface area contributed by atoms with Crippen molar-refractivity contribution >= 4 is 5.91 Å². The zero-order chi connectivity index (χ0) is 19.5. The number of rotatable bonds is 6. The summed E-state index contributed by atoms with van der Waals surface area (Å²) < 4.78 is 39.4. The van der Waals surface area contributed by atoms with Crippen LogP contribution in [0.25, 0.3) is 5.82 Å². The van der Waals surface area contributed by atoms with E-state index in [1.54, 1.807) is 13.8 Å². The Kier molecular flexibility index (Phi) is 6.01. The van der Waals surface area contributed by atoms with Crippen LogP contribution in [0.4, 0.5) is 13.2 Å². The smallest absolute Gasteiger partial charge is 0.354 e. The summed E-state index contributed by atoms with van der Waals surface area (Å²) in [6.07, 6.45) is -3.51. The van der Waals surface area contributed by atoms with Gasteiger partial charge in [0.15, 0.2) is 5.82 Å². The molecule has 2 heterocycles. The predicted octanol–water partition coefficient (Wildman–Crippen LogP) is 2.17. The van der Waals surface area contributed by atoms with E-state index in [1.165, 1.54) is 10.7 Å². The van der Waals surface area contributed by atoms with Gasteiger partial charge in [-0.15, -0.1) is 0 Å². The van der Waals surface area contributed by atoms with Crippen LogP contribution >= 0.6 is 0 Å². The van der Waals surface area contributed by atoms with Crippen molar-refractivity contribution in [2.45, 2.75) is 39.4 Å². The molecule has 0 bridgehead atoms. The number of nitrogens with zero attached hydrogens (tertiary/aromatic N) is 3. The van der Waals surface area contributed by atoms with Crippen molar-refractivity contribution in [1.82, 2.24) is 25.4 Å². The Hall–Kier alpha value is -2.42. The molecule has 6 nitrogen and oxygen atoms in total. The number of carbonyl (C=O) groups excluding carboxylic acids is 1. The van der Waals surface area contributed by atoms with E-state index in [0.717, 1.165) is 17.8 Å². The Balaban J connectivity index is 2.18. The fourth-order valence-corrected chi connectivity index (χ4v) is 2.42. The number of likely N-dealkylation sites (N-methyl/N-ethyl adjacent to an activating group) is 1. The summed E-state index contributed by atoms with van der Waals surface area (Å²) in [6.45, 7) is 5.97. The van der Waals surface area contributed by atoms with Crippen LogP contribution in [-0.4, -0.2) is 40.3 Å². The first-order valence-electron chi connectivity index (χ1n) is 8.16. The Bertz CT molecular complexity index is 768. The van der Waals surface area contributed by atoms with Gasteiger partial charge in [0.2, 0.25) is 5.91 Å². The van der Waals surface area contributed by atoms with Gasteiger partial charge in [-0.2, -0.15) is 18.3 Å². The molecule has 2 aromatic rings. The van der Waals surface area contributed by atoms with E-state index in [0.29, 0.717) is 17.9 Å². The molecule has 0 aliphatic heterocycles. The molecular weight excluding hydrogens is 347 g/mol. The maximum Gasteiger partial charge on any atom is 0.417 e. The van der Waals surface area contributed by atoms with E-state index in [1.807, 2.05) is 14.0 Å². The minimum atomic E-state index is -4.44. The molecule has 26 heavy (non-hydrogen) atoms. The molecular formula is C17H22F3N5O. The van der Waals surface area contributed by atoms with E-state index in [4.69, 9.17) is 0 Å². The van der Waals surface area contributed by atoms with E-state index in [9.17, 15) is 18.0 Å². The molecule has 0 radical (unpaired) electrons. The lowest BCUT2D eigenvalue weighted by atomic mass is 10.1. The molecule has 2 aromatic heterocycles. The third kappa shape index (κ3) is 4.60. The van der Waals surface area contributed by atoms with Gasteiger partial charge in [0, 0.05) is 30.0 Å². The normalized spacial score (nSPS) is 12.9. The van der Waals surface area contributed by atoms with Crippen molar-refractivity contribution in [2.24, 2.45) is 0 Å². The Morgan fingerprint density at radius 2 is 2.00 bits per heavy atom. The number of halogens is 3. The summed E-state index contributed by atoms with van der Waals surface area (Å²) in [6, 6.07) is 2.38. The SMILES string of the molecule is CNC(C)CNC(=O)Cc1c(C)nn(-c2ccc(C(F)(F)F)cn2)c1C. The van der Waals surface area contributed by atoms with Gasteiger partial charge >= 0.3 is 6.18 Å². The zero-order valence-corrected chi connectivity index (χ0v) is 15.1. The van der Waals surface area contributed by atoms with Crippen molar-refractivity contribution in [1.29, 1.82) is 0 Å². The lowest BCUT2D eigenvalue weighted by molar-refractivity contribution is -0.137. The summed E-state index contributed by atoms with van der Waals surface area (Å²) in [5, 5.41) is 10.2. The standard InChI is InChI=1S/C17H22F3N5O/c1-10(21-4)8-23-16(26)7-14-11(2)24-25(12(14)3)15-6-5-13(9-22-15)17(18,19)20/h5-6,9-10,21H,7-8H2,1-4H3,(H,23,26). The molecule has 0 aromatic carbocycles. The summed E-state index contributed by atoms with van der Waals surface area (Å²) in [7, 11) is 1.81. The molecule has 0 fully saturated rings. The molecule has 0 aliphatic carbocycles. The first-order chi connectivity index (χ1) is 12.1. The monoisotopic (exact) mass is 369 g/mol. The number of amides is 1. The summed E-state index contributed by atoms with van der Waals surface area (Å²) >= 11 is 0. The molecule has 1 atom stereocenters. The van der Waals surface area contributed by atoms with Crippen LogP contribution in [0.2, 0.25) is 0 Å². The second-order valence-corrected chi connectivity index (χ2v) is 6.13. The average Bonchev–Trinajstić information content (AvgIpc) is 2.87. The fraction of sp³-hybridized carbons (Fsp3) is 0.471. The molecule has 0 saturated heterocycles. The Morgan fingerprint density at radius 3 is 2.54 bits per heavy atom. The molecule has 0 saturated carbocycles. The van der Waals surface area contributed by atoms with Gasteiger partial charge in [-0.3, -0.25) is 4.79 Å². The van der Waals surface area contributed by atoms with Crippen LogP contribution in [0.3, 0.4) is 0 Å². The number of carbonyl (C=O) groups is 1. The van der Waals surface area contributed by atoms with Crippen molar-refractivity contribution in [3.63, 3.8) is 0 Å². The molecule has 1 amide bonds. The van der Waals surface area contributed by atoms with E-state index in [-0.39, 0.29) is 24.2 Å². The lowest BCUT2D eigenvalue weighted by Crippen LogP contribution is -2.37. The van der Waals surface area contributed by atoms with E-state index in [2.05, 4.69) is 20.7 Å². The van der Waals surface area contributed by atoms with Crippen molar-refractivity contribution in [2.75, 3.05) is 13.6 Å². The van der Waals surface area contributed by atoms with Crippen molar-refractivity contribution < 1.29 is 18.0 Å². The number of hydrogen-bond donors (Lipinski definition) is 2. The number of nitrogens with one attached hydrogen (secondary N) is 2. The number of aryl methyl sites for hydroxylation is 1. The largest absolute Gasteiger partial charge is 0.417 e. The second-order valence-electron chi connectivity index (χ2n) is 6.13. The second kappa shape index (κ2) is 7.86. The van der Waals surface area contributed by atoms with Gasteiger partial charge < -0.3 is 10.6 Å². The zero-order valence-electron chi connectivity index (χ0n) is 15.1. The minimum absolute atomic E-state index is 0.141. The van der Waals surface area contributed by atoms with Gasteiger partial charge in [-0.25, -0.2) is 9.67 Å². The van der Waals surface area contributed by atoms with Gasteiger partial charge in [0.1, 0.15) is 0 Å². The molecule has 1 unspecified atom stereocenters. The topological polar surface area (TPSA) is 71.8 Å². The fourth-order valence-electron chi connectivity index (χ4n) is 2.42. The van der Waals surface area contributed by atoms with Crippen LogP contribution in [0.15, 0.2) is 18.3 Å². The molecule has 9 heteroatoms. The minimum Gasteiger partial charge on any atom is -0.354 e. The highest BCUT2D eigenvalue weighted by Gasteiger charge is 2.30. The predicted molar refractivity (Wildman–Crippen MR) is 91.1 cm³/mol. The average molecular weight is 369 g/mol. The molecule has 2 rings (SSSR count). The maximum absolute atomic E-state index is 12.7. The first kappa shape index (κ1) is 19.9. The van der Waals surface area contributed by atoms with Crippen molar-refractivity contribution in [3.8, 4) is 5.82 Å². The van der Waals surface area contributed by atoms with Gasteiger partial charge in [0.25, 0.3) is 0 Å². The Morgan fingerprint density at radius 1 is 1.31 bits per heavy atom. The maximum atomic E-state index is 12.7. The molecule has 2 N–H and O–H groups in total. The number of aromatic nitrogens is 3. The first-order valence-corrected chi connectivity index (χ1v) is 8.16. The highest BCUT2D eigenvalue weighted by Crippen LogP contribution is 2.29. The summed E-state index contributed by atoms with van der Waals surface area (Å²) in [5.41, 5.74) is 1.23. The highest BCUT2D eigenvalue weighted by atomic mass is 19.4. The molecule has 142 valence electrons. The summed E-state index contributed by atoms with van der Waals surface area (Å²) in [4.78, 5) is 16.0. The number of alkyl halides is 3. The van der Waals surface area contributed by atoms with Gasteiger partial charge in [-0.05, 0) is 40.0 Å². The third-order valence-corrected chi connectivity index (χ3v) is 4.17. The van der Waals surface area contributed by atoms with Crippen LogP contribution in [-0.2, 0) is 17.4 Å². The third-order valence-electron chi connectivity index (χ3n) is 4.17. The molecule has 0 spiro atoms. The lowest BCUT2D eigenvalue weighted by Gasteiger charge is -2.11. The van der Waals surface area contributed by atoms with E-state index >= 15 is 0 Å². The van der Waals surface area contributed by atoms with Crippen LogP contribution in [0, 0.1) is 13.8 Å². The van der Waals surface area contributed by atoms with E-state index < -0.39 is 11.7 Å². The Labute approximate surface area is 149 Å². The number of pyridine rings is 1. The number of hydrogen-bond acceptors (Lipinski definition) is 4. The quantitative estimate of drug-likeness (QED) is 0.819. The van der Waals surface area contributed by atoms with Crippen LogP contribution < -0.4 is 10.6 Å². The van der Waals surface area contributed by atoms with Crippen LogP contribution in [0.5, 0.6) is 0 Å². The van der Waals surface area contributed by atoms with Crippen LogP contribution in [0.1, 0.15) is 29.4 Å². The highest BCUT2D eigenvalue weighted by molar-refractivity contribution is 5.79. The van der Waals surface area contributed by atoms with Gasteiger partial charge in [0.05, 0.1) is 17.7 Å². The summed E-state index contributed by atoms with van der Waals surface area (Å²) in [5.74, 6) is 0.132. The van der Waals surface area contributed by atoms with Crippen molar-refractivity contribution in [3.05, 3.63) is 40.8 Å². The molecule has 0 aliphatic rings. The van der Waals surface area contributed by atoms with Gasteiger partial charge in [-0.1, -0.05) is 0 Å².